The SMILES string of the molecule is CCNC(=O)NC(=O)CSc1nc2scc(-c3cccs3)c2c(=O)n1CC. The van der Waals surface area contributed by atoms with Crippen LogP contribution in [0.25, 0.3) is 20.7 Å². The van der Waals surface area contributed by atoms with Crippen molar-refractivity contribution in [1.29, 1.82) is 0 Å². The first-order valence-electron chi connectivity index (χ1n) is 8.31. The molecule has 7 nitrogen and oxygen atoms in total. The van der Waals surface area contributed by atoms with E-state index in [1.54, 1.807) is 22.8 Å². The van der Waals surface area contributed by atoms with Gasteiger partial charge in [-0.25, -0.2) is 9.78 Å². The molecule has 0 bridgehead atoms. The largest absolute Gasteiger partial charge is 0.338 e. The lowest BCUT2D eigenvalue weighted by Gasteiger charge is -2.10. The lowest BCUT2D eigenvalue weighted by molar-refractivity contribution is -0.117. The number of rotatable bonds is 6. The first-order valence-corrected chi connectivity index (χ1v) is 11.1. The van der Waals surface area contributed by atoms with Crippen molar-refractivity contribution >= 4 is 56.6 Å². The molecule has 3 amide bonds. The van der Waals surface area contributed by atoms with Gasteiger partial charge in [-0.15, -0.1) is 22.7 Å². The molecule has 0 saturated heterocycles. The van der Waals surface area contributed by atoms with Crippen LogP contribution in [-0.4, -0.2) is 33.8 Å². The number of nitrogens with zero attached hydrogens (tertiary/aromatic N) is 2. The Kier molecular flexibility index (Phi) is 6.30. The number of urea groups is 1. The molecule has 0 aliphatic heterocycles. The fourth-order valence-electron chi connectivity index (χ4n) is 2.51. The number of carbonyl (C=O) groups excluding carboxylic acids is 2. The summed E-state index contributed by atoms with van der Waals surface area (Å²) in [7, 11) is 0. The van der Waals surface area contributed by atoms with Gasteiger partial charge in [0.2, 0.25) is 5.91 Å². The van der Waals surface area contributed by atoms with Gasteiger partial charge in [-0.2, -0.15) is 0 Å². The summed E-state index contributed by atoms with van der Waals surface area (Å²) in [6, 6.07) is 3.40. The van der Waals surface area contributed by atoms with Gasteiger partial charge in [-0.3, -0.25) is 19.5 Å². The van der Waals surface area contributed by atoms with E-state index in [-0.39, 0.29) is 11.3 Å². The minimum atomic E-state index is -0.529. The summed E-state index contributed by atoms with van der Waals surface area (Å²) in [5.74, 6) is -0.438. The summed E-state index contributed by atoms with van der Waals surface area (Å²) >= 11 is 4.14. The summed E-state index contributed by atoms with van der Waals surface area (Å²) in [5.41, 5.74) is 0.786. The zero-order valence-electron chi connectivity index (χ0n) is 14.8. The molecule has 2 N–H and O–H groups in total. The smallest absolute Gasteiger partial charge is 0.321 e. The van der Waals surface area contributed by atoms with Gasteiger partial charge >= 0.3 is 6.03 Å². The Morgan fingerprint density at radius 3 is 2.78 bits per heavy atom. The minimum Gasteiger partial charge on any atom is -0.338 e. The van der Waals surface area contributed by atoms with Crippen molar-refractivity contribution in [3.8, 4) is 10.4 Å². The number of thiophene rings is 2. The van der Waals surface area contributed by atoms with Crippen molar-refractivity contribution in [2.75, 3.05) is 12.3 Å². The third kappa shape index (κ3) is 4.23. The van der Waals surface area contributed by atoms with Crippen molar-refractivity contribution in [3.05, 3.63) is 33.2 Å². The standard InChI is InChI=1S/C17H18N4O3S3/c1-3-18-16(24)19-12(22)9-27-17-20-14-13(15(23)21(17)4-2)10(8-26-14)11-6-5-7-25-11/h5-8H,3-4,9H2,1-2H3,(H2,18,19,22,24). The van der Waals surface area contributed by atoms with E-state index in [2.05, 4.69) is 15.6 Å². The van der Waals surface area contributed by atoms with Gasteiger partial charge in [0.1, 0.15) is 4.83 Å². The normalized spacial score (nSPS) is 10.9. The third-order valence-electron chi connectivity index (χ3n) is 3.68. The van der Waals surface area contributed by atoms with Crippen molar-refractivity contribution < 1.29 is 9.59 Å². The highest BCUT2D eigenvalue weighted by atomic mass is 32.2. The van der Waals surface area contributed by atoms with Gasteiger partial charge in [0, 0.05) is 28.9 Å². The van der Waals surface area contributed by atoms with E-state index in [0.29, 0.717) is 28.5 Å². The van der Waals surface area contributed by atoms with Crippen molar-refractivity contribution in [2.45, 2.75) is 25.5 Å². The second kappa shape index (κ2) is 8.68. The van der Waals surface area contributed by atoms with Gasteiger partial charge in [-0.05, 0) is 25.3 Å². The Bertz CT molecular complexity index is 1020. The van der Waals surface area contributed by atoms with Crippen LogP contribution < -0.4 is 16.2 Å². The van der Waals surface area contributed by atoms with Gasteiger partial charge in [-0.1, -0.05) is 17.8 Å². The Labute approximate surface area is 167 Å². The van der Waals surface area contributed by atoms with E-state index >= 15 is 0 Å². The number of nitrogens with one attached hydrogen (secondary N) is 2. The minimum absolute atomic E-state index is 0.00175. The van der Waals surface area contributed by atoms with Crippen LogP contribution in [0.5, 0.6) is 0 Å². The molecule has 10 heteroatoms. The molecule has 0 unspecified atom stereocenters. The molecule has 3 heterocycles. The molecule has 142 valence electrons. The van der Waals surface area contributed by atoms with Crippen LogP contribution in [0.4, 0.5) is 4.79 Å². The van der Waals surface area contributed by atoms with Gasteiger partial charge in [0.05, 0.1) is 11.1 Å². The van der Waals surface area contributed by atoms with Crippen molar-refractivity contribution in [3.63, 3.8) is 0 Å². The molecule has 0 aromatic carbocycles. The highest BCUT2D eigenvalue weighted by molar-refractivity contribution is 7.99. The first kappa shape index (κ1) is 19.6. The molecule has 3 aromatic heterocycles. The highest BCUT2D eigenvalue weighted by Gasteiger charge is 2.18. The molecule has 3 aromatic rings. The highest BCUT2D eigenvalue weighted by Crippen LogP contribution is 2.34. The summed E-state index contributed by atoms with van der Waals surface area (Å²) < 4.78 is 1.57. The fourth-order valence-corrected chi connectivity index (χ4v) is 5.17. The number of thioether (sulfide) groups is 1. The predicted molar refractivity (Wildman–Crippen MR) is 111 cm³/mol. The molecule has 0 atom stereocenters. The van der Waals surface area contributed by atoms with Crippen LogP contribution in [0.2, 0.25) is 0 Å². The quantitative estimate of drug-likeness (QED) is 0.470. The maximum absolute atomic E-state index is 13.0. The maximum Gasteiger partial charge on any atom is 0.321 e. The molecule has 0 fully saturated rings. The van der Waals surface area contributed by atoms with Crippen LogP contribution in [0.1, 0.15) is 13.8 Å². The number of aromatic nitrogens is 2. The zero-order chi connectivity index (χ0) is 19.4. The predicted octanol–water partition coefficient (Wildman–Crippen LogP) is 3.14. The Balaban J connectivity index is 1.88. The molecular weight excluding hydrogens is 404 g/mol. The molecule has 0 aliphatic rings. The first-order chi connectivity index (χ1) is 13.0. The molecule has 27 heavy (non-hydrogen) atoms. The number of hydrogen-bond acceptors (Lipinski definition) is 7. The Hall–Kier alpha value is -2.17. The van der Waals surface area contributed by atoms with Gasteiger partial charge < -0.3 is 5.32 Å². The van der Waals surface area contributed by atoms with E-state index < -0.39 is 11.9 Å². The van der Waals surface area contributed by atoms with Crippen LogP contribution >= 0.6 is 34.4 Å². The number of amides is 3. The summed E-state index contributed by atoms with van der Waals surface area (Å²) in [4.78, 5) is 42.6. The van der Waals surface area contributed by atoms with E-state index in [1.165, 1.54) is 11.3 Å². The number of carbonyl (C=O) groups is 2. The lowest BCUT2D eigenvalue weighted by atomic mass is 10.2. The molecule has 0 radical (unpaired) electrons. The molecular formula is C17H18N4O3S3. The second-order valence-corrected chi connectivity index (χ2v) is 8.20. The number of hydrogen-bond donors (Lipinski definition) is 2. The van der Waals surface area contributed by atoms with E-state index in [1.807, 2.05) is 29.8 Å². The van der Waals surface area contributed by atoms with Gasteiger partial charge in [0.25, 0.3) is 5.56 Å². The fraction of sp³-hybridized carbons (Fsp3) is 0.294. The van der Waals surface area contributed by atoms with E-state index in [0.717, 1.165) is 22.2 Å². The Morgan fingerprint density at radius 1 is 1.30 bits per heavy atom. The number of fused-ring (bicyclic) bond motifs is 1. The average molecular weight is 423 g/mol. The van der Waals surface area contributed by atoms with E-state index in [4.69, 9.17) is 0 Å². The van der Waals surface area contributed by atoms with E-state index in [9.17, 15) is 14.4 Å². The Morgan fingerprint density at radius 2 is 2.11 bits per heavy atom. The van der Waals surface area contributed by atoms with Crippen molar-refractivity contribution in [2.24, 2.45) is 0 Å². The van der Waals surface area contributed by atoms with Crippen LogP contribution in [0.3, 0.4) is 0 Å². The monoisotopic (exact) mass is 422 g/mol. The maximum atomic E-state index is 13.0. The van der Waals surface area contributed by atoms with Crippen molar-refractivity contribution in [1.82, 2.24) is 20.2 Å². The lowest BCUT2D eigenvalue weighted by Crippen LogP contribution is -2.40. The summed E-state index contributed by atoms with van der Waals surface area (Å²) in [6.45, 7) is 4.51. The molecule has 3 rings (SSSR count). The summed E-state index contributed by atoms with van der Waals surface area (Å²) in [5, 5.41) is 9.74. The number of imide groups is 1. The molecule has 0 aliphatic carbocycles. The average Bonchev–Trinajstić information content (AvgIpc) is 3.29. The zero-order valence-corrected chi connectivity index (χ0v) is 17.2. The topological polar surface area (TPSA) is 93.1 Å². The molecule has 0 spiro atoms. The molecule has 0 saturated carbocycles. The third-order valence-corrected chi connectivity index (χ3v) is 6.44. The van der Waals surface area contributed by atoms with Crippen LogP contribution in [0, 0.1) is 0 Å². The second-order valence-electron chi connectivity index (χ2n) is 5.45. The summed E-state index contributed by atoms with van der Waals surface area (Å²) in [6.07, 6.45) is 0. The van der Waals surface area contributed by atoms with Crippen LogP contribution in [-0.2, 0) is 11.3 Å². The van der Waals surface area contributed by atoms with Gasteiger partial charge in [0.15, 0.2) is 5.16 Å². The van der Waals surface area contributed by atoms with Crippen LogP contribution in [0.15, 0.2) is 32.8 Å².